The third-order valence-corrected chi connectivity index (χ3v) is 2.95. The monoisotopic (exact) mass is 325 g/mol. The van der Waals surface area contributed by atoms with Gasteiger partial charge in [0.05, 0.1) is 13.1 Å². The number of benzene rings is 1. The molecule has 0 spiro atoms. The van der Waals surface area contributed by atoms with Crippen LogP contribution in [0.4, 0.5) is 4.79 Å². The molecule has 1 heterocycles. The van der Waals surface area contributed by atoms with E-state index in [-0.39, 0.29) is 31.7 Å². The highest BCUT2D eigenvalue weighted by atomic mass is 35.5. The summed E-state index contributed by atoms with van der Waals surface area (Å²) >= 11 is 5.65. The first kappa shape index (κ1) is 16.1. The number of carbonyl (C=O) groups is 2. The van der Waals surface area contributed by atoms with E-state index in [0.717, 1.165) is 5.56 Å². The molecule has 1 unspecified atom stereocenters. The van der Waals surface area contributed by atoms with Gasteiger partial charge in [0.25, 0.3) is 0 Å². The first-order valence-electron chi connectivity index (χ1n) is 6.64. The molecule has 2 rings (SSSR count). The number of hydrogen-bond acceptors (Lipinski definition) is 5. The number of rotatable bonds is 6. The molecule has 0 fully saturated rings. The van der Waals surface area contributed by atoms with Crippen LogP contribution >= 0.6 is 11.6 Å². The van der Waals surface area contributed by atoms with Crippen LogP contribution in [0.2, 0.25) is 0 Å². The Morgan fingerprint density at radius 2 is 2.05 bits per heavy atom. The van der Waals surface area contributed by atoms with Crippen molar-refractivity contribution in [2.75, 3.05) is 13.1 Å². The van der Waals surface area contributed by atoms with Crippen molar-refractivity contribution in [3.8, 4) is 0 Å². The van der Waals surface area contributed by atoms with E-state index in [4.69, 9.17) is 21.2 Å². The van der Waals surface area contributed by atoms with Crippen LogP contribution in [-0.2, 0) is 21.0 Å². The molecule has 0 saturated carbocycles. The van der Waals surface area contributed by atoms with Crippen LogP contribution in [0.3, 0.4) is 0 Å². The Kier molecular flexibility index (Phi) is 6.05. The lowest BCUT2D eigenvalue weighted by Crippen LogP contribution is -2.40. The van der Waals surface area contributed by atoms with Crippen LogP contribution < -0.4 is 16.1 Å². The van der Waals surface area contributed by atoms with Gasteiger partial charge in [-0.2, -0.15) is 0 Å². The molecule has 1 aliphatic heterocycles. The Bertz CT molecular complexity index is 550. The summed E-state index contributed by atoms with van der Waals surface area (Å²) in [6.45, 7) is 0.229. The van der Waals surface area contributed by atoms with Gasteiger partial charge in [0.15, 0.2) is 0 Å². The molecular weight excluding hydrogens is 310 g/mol. The smallest absolute Gasteiger partial charge is 0.407 e. The molecule has 2 amide bonds. The van der Waals surface area contributed by atoms with Crippen molar-refractivity contribution in [1.82, 2.24) is 16.1 Å². The maximum atomic E-state index is 11.5. The second-order valence-electron chi connectivity index (χ2n) is 4.49. The molecule has 22 heavy (non-hydrogen) atoms. The Hall–Kier alpha value is -2.25. The molecule has 3 N–H and O–H groups in total. The van der Waals surface area contributed by atoms with Gasteiger partial charge in [0, 0.05) is 0 Å². The molecule has 1 aromatic carbocycles. The number of hydroxylamine groups is 1. The lowest BCUT2D eigenvalue weighted by Gasteiger charge is -2.10. The fraction of sp³-hybridized carbons (Fsp3) is 0.286. The van der Waals surface area contributed by atoms with Gasteiger partial charge in [-0.05, 0) is 11.6 Å². The minimum Gasteiger partial charge on any atom is -0.445 e. The summed E-state index contributed by atoms with van der Waals surface area (Å²) < 4.78 is 4.98. The Balaban J connectivity index is 1.58. The van der Waals surface area contributed by atoms with Crippen LogP contribution in [0.5, 0.6) is 0 Å². The minimum atomic E-state index is -0.652. The van der Waals surface area contributed by atoms with E-state index in [1.165, 1.54) is 0 Å². The number of halogens is 1. The van der Waals surface area contributed by atoms with E-state index < -0.39 is 6.09 Å². The first-order valence-corrected chi connectivity index (χ1v) is 7.01. The van der Waals surface area contributed by atoms with Gasteiger partial charge >= 0.3 is 6.09 Å². The maximum Gasteiger partial charge on any atom is 0.407 e. The van der Waals surface area contributed by atoms with Crippen LogP contribution in [-0.4, -0.2) is 31.2 Å². The van der Waals surface area contributed by atoms with Crippen LogP contribution in [0, 0.1) is 0 Å². The Morgan fingerprint density at radius 3 is 2.73 bits per heavy atom. The van der Waals surface area contributed by atoms with Crippen molar-refractivity contribution in [1.29, 1.82) is 0 Å². The molecule has 0 aliphatic carbocycles. The van der Waals surface area contributed by atoms with E-state index in [9.17, 15) is 9.59 Å². The number of carbonyl (C=O) groups excluding carboxylic acids is 2. The van der Waals surface area contributed by atoms with E-state index in [1.807, 2.05) is 30.3 Å². The quantitative estimate of drug-likeness (QED) is 0.679. The van der Waals surface area contributed by atoms with E-state index >= 15 is 0 Å². The SMILES string of the molecule is O=C(CNC(=O)OCc1ccccc1)NCC1C=C(Cl)NO1. The summed E-state index contributed by atoms with van der Waals surface area (Å²) in [7, 11) is 0. The van der Waals surface area contributed by atoms with Crippen molar-refractivity contribution >= 4 is 23.6 Å². The molecule has 1 aliphatic rings. The average Bonchev–Trinajstić information content (AvgIpc) is 2.95. The van der Waals surface area contributed by atoms with Gasteiger partial charge < -0.3 is 15.4 Å². The molecule has 7 nitrogen and oxygen atoms in total. The summed E-state index contributed by atoms with van der Waals surface area (Å²) in [5.41, 5.74) is 3.33. The second kappa shape index (κ2) is 8.26. The van der Waals surface area contributed by atoms with Gasteiger partial charge in [-0.15, -0.1) is 0 Å². The molecular formula is C14H16ClN3O4. The summed E-state index contributed by atoms with van der Waals surface area (Å²) in [6.07, 6.45) is 0.644. The van der Waals surface area contributed by atoms with Crippen LogP contribution in [0.25, 0.3) is 0 Å². The number of nitrogens with one attached hydrogen (secondary N) is 3. The third kappa shape index (κ3) is 5.63. The van der Waals surface area contributed by atoms with Gasteiger partial charge in [-0.25, -0.2) is 4.79 Å². The Labute approximate surface area is 132 Å². The third-order valence-electron chi connectivity index (χ3n) is 2.75. The lowest BCUT2D eigenvalue weighted by atomic mass is 10.2. The van der Waals surface area contributed by atoms with Gasteiger partial charge in [0.1, 0.15) is 17.9 Å². The number of amides is 2. The predicted molar refractivity (Wildman–Crippen MR) is 79.6 cm³/mol. The molecule has 1 atom stereocenters. The highest BCUT2D eigenvalue weighted by Gasteiger charge is 2.15. The van der Waals surface area contributed by atoms with Gasteiger partial charge in [-0.3, -0.25) is 15.1 Å². The summed E-state index contributed by atoms with van der Waals surface area (Å²) in [5, 5.41) is 5.34. The zero-order chi connectivity index (χ0) is 15.8. The minimum absolute atomic E-state index is 0.152. The van der Waals surface area contributed by atoms with Gasteiger partial charge in [0.2, 0.25) is 5.91 Å². The highest BCUT2D eigenvalue weighted by Crippen LogP contribution is 2.08. The summed E-state index contributed by atoms with van der Waals surface area (Å²) in [5.74, 6) is -0.350. The fourth-order valence-corrected chi connectivity index (χ4v) is 1.85. The maximum absolute atomic E-state index is 11.5. The first-order chi connectivity index (χ1) is 10.6. The molecule has 1 aromatic rings. The van der Waals surface area contributed by atoms with Crippen LogP contribution in [0.1, 0.15) is 5.56 Å². The second-order valence-corrected chi connectivity index (χ2v) is 4.90. The fourth-order valence-electron chi connectivity index (χ4n) is 1.67. The van der Waals surface area contributed by atoms with Crippen molar-refractivity contribution in [2.24, 2.45) is 0 Å². The topological polar surface area (TPSA) is 88.7 Å². The average molecular weight is 326 g/mol. The molecule has 118 valence electrons. The van der Waals surface area contributed by atoms with Crippen molar-refractivity contribution in [3.05, 3.63) is 47.1 Å². The predicted octanol–water partition coefficient (Wildman–Crippen LogP) is 1.01. The van der Waals surface area contributed by atoms with Crippen molar-refractivity contribution in [2.45, 2.75) is 12.7 Å². The zero-order valence-electron chi connectivity index (χ0n) is 11.7. The summed E-state index contributed by atoms with van der Waals surface area (Å²) in [4.78, 5) is 28.0. The van der Waals surface area contributed by atoms with E-state index in [0.29, 0.717) is 5.16 Å². The van der Waals surface area contributed by atoms with Crippen molar-refractivity contribution in [3.63, 3.8) is 0 Å². The van der Waals surface area contributed by atoms with Gasteiger partial charge in [-0.1, -0.05) is 41.9 Å². The number of alkyl carbamates (subject to hydrolysis) is 1. The standard InChI is InChI=1S/C14H16ClN3O4/c15-12-6-11(22-18-12)7-16-13(19)8-17-14(20)21-9-10-4-2-1-3-5-10/h1-6,11,18H,7-9H2,(H,16,19)(H,17,20). The molecule has 0 saturated heterocycles. The molecule has 0 radical (unpaired) electrons. The van der Waals surface area contributed by atoms with E-state index in [1.54, 1.807) is 6.08 Å². The number of ether oxygens (including phenoxy) is 1. The van der Waals surface area contributed by atoms with Crippen LogP contribution in [0.15, 0.2) is 41.6 Å². The molecule has 0 bridgehead atoms. The summed E-state index contributed by atoms with van der Waals surface area (Å²) in [6, 6.07) is 9.26. The largest absolute Gasteiger partial charge is 0.445 e. The lowest BCUT2D eigenvalue weighted by molar-refractivity contribution is -0.120. The van der Waals surface area contributed by atoms with Crippen molar-refractivity contribution < 1.29 is 19.2 Å². The molecule has 8 heteroatoms. The Morgan fingerprint density at radius 1 is 1.27 bits per heavy atom. The molecule has 0 aromatic heterocycles. The number of hydrogen-bond donors (Lipinski definition) is 3. The zero-order valence-corrected chi connectivity index (χ0v) is 12.4. The normalized spacial score (nSPS) is 16.4. The van der Waals surface area contributed by atoms with E-state index in [2.05, 4.69) is 16.1 Å². The highest BCUT2D eigenvalue weighted by molar-refractivity contribution is 6.29.